The van der Waals surface area contributed by atoms with E-state index in [0.29, 0.717) is 0 Å². The van der Waals surface area contributed by atoms with Crippen molar-refractivity contribution in [3.63, 3.8) is 0 Å². The van der Waals surface area contributed by atoms with Crippen LogP contribution in [0.2, 0.25) is 0 Å². The summed E-state index contributed by atoms with van der Waals surface area (Å²) in [5.41, 5.74) is 1.28. The molecule has 0 radical (unpaired) electrons. The van der Waals surface area contributed by atoms with Gasteiger partial charge in [0.05, 0.1) is 6.54 Å². The largest absolute Gasteiger partial charge is 0.465 e. The first kappa shape index (κ1) is 16.2. The summed E-state index contributed by atoms with van der Waals surface area (Å²) in [6, 6.07) is 8.38. The molecule has 0 bridgehead atoms. The Hall–Kier alpha value is -1.65. The van der Waals surface area contributed by atoms with E-state index in [4.69, 9.17) is 4.42 Å². The van der Waals surface area contributed by atoms with Crippen molar-refractivity contribution >= 4 is 0 Å². The third-order valence-corrected chi connectivity index (χ3v) is 4.56. The zero-order valence-electron chi connectivity index (χ0n) is 14.2. The smallest absolute Gasteiger partial charge is 0.118 e. The number of aryl methyl sites for hydroxylation is 1. The van der Waals surface area contributed by atoms with E-state index in [1.165, 1.54) is 25.1 Å². The predicted octanol–water partition coefficient (Wildman–Crippen LogP) is 3.19. The van der Waals surface area contributed by atoms with Gasteiger partial charge >= 0.3 is 0 Å². The molecule has 0 amide bonds. The molecule has 3 rings (SSSR count). The first-order valence-corrected chi connectivity index (χ1v) is 8.60. The van der Waals surface area contributed by atoms with E-state index in [0.717, 1.165) is 43.5 Å². The van der Waals surface area contributed by atoms with Crippen molar-refractivity contribution < 1.29 is 4.42 Å². The number of furan rings is 1. The van der Waals surface area contributed by atoms with Gasteiger partial charge in [-0.25, -0.2) is 0 Å². The van der Waals surface area contributed by atoms with E-state index in [1.54, 1.807) is 0 Å². The lowest BCUT2D eigenvalue weighted by molar-refractivity contribution is 0.245. The van der Waals surface area contributed by atoms with Gasteiger partial charge in [0.25, 0.3) is 0 Å². The Morgan fingerprint density at radius 3 is 2.91 bits per heavy atom. The molecule has 2 aromatic rings. The maximum absolute atomic E-state index is 5.83. The molecule has 0 N–H and O–H groups in total. The van der Waals surface area contributed by atoms with Crippen LogP contribution in [0, 0.1) is 5.92 Å². The van der Waals surface area contributed by atoms with Gasteiger partial charge in [0.1, 0.15) is 11.5 Å². The van der Waals surface area contributed by atoms with Crippen LogP contribution in [0.5, 0.6) is 0 Å². The average Bonchev–Trinajstić information content (AvgIpc) is 3.18. The number of hydrogen-bond acceptors (Lipinski definition) is 4. The lowest BCUT2D eigenvalue weighted by Crippen LogP contribution is -2.28. The number of likely N-dealkylation sites (tertiary alicyclic amines) is 1. The summed E-state index contributed by atoms with van der Waals surface area (Å²) in [4.78, 5) is 9.12. The quantitative estimate of drug-likeness (QED) is 0.786. The summed E-state index contributed by atoms with van der Waals surface area (Å²) in [5.74, 6) is 2.94. The summed E-state index contributed by atoms with van der Waals surface area (Å²) < 4.78 is 5.83. The minimum Gasteiger partial charge on any atom is -0.465 e. The Balaban J connectivity index is 1.44. The summed E-state index contributed by atoms with van der Waals surface area (Å²) in [6.07, 6.45) is 6.04. The molecular weight excluding hydrogens is 286 g/mol. The highest BCUT2D eigenvalue weighted by molar-refractivity contribution is 5.08. The summed E-state index contributed by atoms with van der Waals surface area (Å²) in [7, 11) is 2.20. The highest BCUT2D eigenvalue weighted by atomic mass is 16.3. The molecule has 0 aromatic carbocycles. The molecular formula is C19H27N3O. The fraction of sp³-hybridized carbons (Fsp3) is 0.526. The van der Waals surface area contributed by atoms with Crippen molar-refractivity contribution in [1.82, 2.24) is 14.8 Å². The Morgan fingerprint density at radius 2 is 2.17 bits per heavy atom. The van der Waals surface area contributed by atoms with Crippen molar-refractivity contribution in [2.45, 2.75) is 32.9 Å². The van der Waals surface area contributed by atoms with Crippen molar-refractivity contribution in [1.29, 1.82) is 0 Å². The van der Waals surface area contributed by atoms with Gasteiger partial charge in [0, 0.05) is 38.4 Å². The van der Waals surface area contributed by atoms with Crippen LogP contribution in [0.25, 0.3) is 0 Å². The van der Waals surface area contributed by atoms with Gasteiger partial charge in [0.2, 0.25) is 0 Å². The fourth-order valence-corrected chi connectivity index (χ4v) is 3.43. The molecule has 23 heavy (non-hydrogen) atoms. The van der Waals surface area contributed by atoms with E-state index < -0.39 is 0 Å². The monoisotopic (exact) mass is 313 g/mol. The molecule has 1 aliphatic rings. The Labute approximate surface area is 139 Å². The first-order valence-electron chi connectivity index (χ1n) is 8.60. The van der Waals surface area contributed by atoms with Crippen molar-refractivity contribution in [2.75, 3.05) is 26.7 Å². The molecule has 124 valence electrons. The summed E-state index contributed by atoms with van der Waals surface area (Å²) >= 11 is 0. The van der Waals surface area contributed by atoms with Crippen LogP contribution in [0.4, 0.5) is 0 Å². The van der Waals surface area contributed by atoms with Crippen LogP contribution in [-0.4, -0.2) is 41.5 Å². The predicted molar refractivity (Wildman–Crippen MR) is 92.0 cm³/mol. The van der Waals surface area contributed by atoms with Crippen LogP contribution < -0.4 is 0 Å². The van der Waals surface area contributed by atoms with Crippen LogP contribution in [0.15, 0.2) is 41.1 Å². The SMILES string of the molecule is CCc1ccc(CN2CC[C@@H](CN(C)Cc3cccnc3)C2)o1. The molecule has 1 aliphatic heterocycles. The molecule has 0 unspecified atom stereocenters. The highest BCUT2D eigenvalue weighted by Crippen LogP contribution is 2.21. The van der Waals surface area contributed by atoms with Crippen LogP contribution in [-0.2, 0) is 19.5 Å². The normalized spacial score (nSPS) is 18.8. The maximum atomic E-state index is 5.83. The first-order chi connectivity index (χ1) is 11.2. The molecule has 2 aromatic heterocycles. The van der Waals surface area contributed by atoms with Crippen LogP contribution >= 0.6 is 0 Å². The number of nitrogens with zero attached hydrogens (tertiary/aromatic N) is 3. The van der Waals surface area contributed by atoms with Gasteiger partial charge in [-0.15, -0.1) is 0 Å². The lowest BCUT2D eigenvalue weighted by atomic mass is 10.1. The van der Waals surface area contributed by atoms with Crippen LogP contribution in [0.1, 0.15) is 30.4 Å². The van der Waals surface area contributed by atoms with E-state index in [9.17, 15) is 0 Å². The number of hydrogen-bond donors (Lipinski definition) is 0. The molecule has 0 aliphatic carbocycles. The fourth-order valence-electron chi connectivity index (χ4n) is 3.43. The van der Waals surface area contributed by atoms with Crippen molar-refractivity contribution in [3.05, 3.63) is 53.7 Å². The Kier molecular flexibility index (Phi) is 5.47. The molecule has 0 spiro atoms. The second-order valence-electron chi connectivity index (χ2n) is 6.67. The van der Waals surface area contributed by atoms with Crippen molar-refractivity contribution in [2.24, 2.45) is 5.92 Å². The number of pyridine rings is 1. The molecule has 0 saturated carbocycles. The third kappa shape index (κ3) is 4.66. The molecule has 1 atom stereocenters. The standard InChI is InChI=1S/C19H27N3O/c1-3-18-6-7-19(23-18)15-22-10-8-17(14-22)13-21(2)12-16-5-4-9-20-11-16/h4-7,9,11,17H,3,8,10,12-15H2,1-2H3/t17-/m0/s1. The van der Waals surface area contributed by atoms with E-state index in [2.05, 4.69) is 47.0 Å². The maximum Gasteiger partial charge on any atom is 0.118 e. The molecule has 4 heteroatoms. The third-order valence-electron chi connectivity index (χ3n) is 4.56. The van der Waals surface area contributed by atoms with Gasteiger partial charge in [0.15, 0.2) is 0 Å². The van der Waals surface area contributed by atoms with E-state index in [1.807, 2.05) is 18.5 Å². The van der Waals surface area contributed by atoms with Gasteiger partial charge in [-0.3, -0.25) is 9.88 Å². The molecule has 3 heterocycles. The zero-order chi connectivity index (χ0) is 16.1. The highest BCUT2D eigenvalue weighted by Gasteiger charge is 2.24. The summed E-state index contributed by atoms with van der Waals surface area (Å²) in [6.45, 7) is 7.54. The van der Waals surface area contributed by atoms with Gasteiger partial charge in [-0.2, -0.15) is 0 Å². The molecule has 4 nitrogen and oxygen atoms in total. The number of aromatic nitrogens is 1. The van der Waals surface area contributed by atoms with Gasteiger partial charge < -0.3 is 9.32 Å². The average molecular weight is 313 g/mol. The Morgan fingerprint density at radius 1 is 1.30 bits per heavy atom. The zero-order valence-corrected chi connectivity index (χ0v) is 14.2. The summed E-state index contributed by atoms with van der Waals surface area (Å²) in [5, 5.41) is 0. The van der Waals surface area contributed by atoms with Gasteiger partial charge in [-0.1, -0.05) is 13.0 Å². The topological polar surface area (TPSA) is 32.5 Å². The lowest BCUT2D eigenvalue weighted by Gasteiger charge is -2.21. The van der Waals surface area contributed by atoms with E-state index in [-0.39, 0.29) is 0 Å². The Bertz CT molecular complexity index is 596. The van der Waals surface area contributed by atoms with Gasteiger partial charge in [-0.05, 0) is 49.7 Å². The van der Waals surface area contributed by atoms with E-state index >= 15 is 0 Å². The minimum absolute atomic E-state index is 0.747. The second-order valence-corrected chi connectivity index (χ2v) is 6.67. The van der Waals surface area contributed by atoms with Crippen molar-refractivity contribution in [3.8, 4) is 0 Å². The van der Waals surface area contributed by atoms with Crippen LogP contribution in [0.3, 0.4) is 0 Å². The second kappa shape index (κ2) is 7.75. The number of rotatable bonds is 7. The molecule has 1 fully saturated rings. The molecule has 1 saturated heterocycles. The minimum atomic E-state index is 0.747.